The van der Waals surface area contributed by atoms with Crippen LogP contribution >= 0.6 is 11.6 Å². The Balaban J connectivity index is 2.63. The van der Waals surface area contributed by atoms with Gasteiger partial charge in [0.1, 0.15) is 5.75 Å². The van der Waals surface area contributed by atoms with E-state index in [1.165, 1.54) is 0 Å². The van der Waals surface area contributed by atoms with Gasteiger partial charge in [-0.25, -0.2) is 0 Å². The average molecular weight is 197 g/mol. The number of rotatable bonds is 0. The molecule has 0 unspecified atom stereocenters. The molecule has 1 aliphatic heterocycles. The first-order valence-electron chi connectivity index (χ1n) is 4.14. The van der Waals surface area contributed by atoms with Crippen LogP contribution < -0.4 is 4.74 Å². The van der Waals surface area contributed by atoms with Gasteiger partial charge in [-0.3, -0.25) is 4.79 Å². The lowest BCUT2D eigenvalue weighted by Gasteiger charge is -2.17. The molecule has 0 atom stereocenters. The molecule has 0 fully saturated rings. The van der Waals surface area contributed by atoms with Crippen LogP contribution in [0.3, 0.4) is 0 Å². The summed E-state index contributed by atoms with van der Waals surface area (Å²) in [6.07, 6.45) is 0.426. The number of hydrogen-bond donors (Lipinski definition) is 0. The Bertz CT molecular complexity index is 371. The van der Waals surface area contributed by atoms with Gasteiger partial charge in [-0.05, 0) is 24.6 Å². The lowest BCUT2D eigenvalue weighted by atomic mass is 10.0. The Morgan fingerprint density at radius 3 is 3.00 bits per heavy atom. The van der Waals surface area contributed by atoms with Crippen molar-refractivity contribution in [3.63, 3.8) is 0 Å². The number of Topliss-reactive ketones (excluding diaryl/α,β-unsaturated/α-hetero) is 1. The second-order valence-corrected chi connectivity index (χ2v) is 3.55. The van der Waals surface area contributed by atoms with Gasteiger partial charge in [0.2, 0.25) is 0 Å². The molecule has 1 heterocycles. The van der Waals surface area contributed by atoms with Gasteiger partial charge in [0.15, 0.2) is 5.78 Å². The number of carbonyl (C=O) groups is 1. The van der Waals surface area contributed by atoms with Gasteiger partial charge in [0.25, 0.3) is 0 Å². The number of halogens is 1. The molecular weight excluding hydrogens is 188 g/mol. The third-order valence-corrected chi connectivity index (χ3v) is 2.36. The van der Waals surface area contributed by atoms with Crippen molar-refractivity contribution in [2.24, 2.45) is 0 Å². The highest BCUT2D eigenvalue weighted by Gasteiger charge is 2.21. The highest BCUT2D eigenvalue weighted by atomic mass is 35.5. The van der Waals surface area contributed by atoms with Crippen LogP contribution in [0.5, 0.6) is 5.75 Å². The molecule has 0 N–H and O–H groups in total. The highest BCUT2D eigenvalue weighted by Crippen LogP contribution is 2.32. The van der Waals surface area contributed by atoms with Gasteiger partial charge in [-0.1, -0.05) is 11.6 Å². The van der Waals surface area contributed by atoms with E-state index in [2.05, 4.69) is 0 Å². The zero-order valence-corrected chi connectivity index (χ0v) is 8.02. The first-order valence-corrected chi connectivity index (χ1v) is 4.52. The van der Waals surface area contributed by atoms with E-state index < -0.39 is 0 Å². The standard InChI is InChI=1S/C10H9ClO2/c1-6-4-7(11)10-8(12)2-3-13-9(10)5-6/h4-5H,2-3H2,1H3. The number of ether oxygens (including phenoxy) is 1. The molecule has 13 heavy (non-hydrogen) atoms. The van der Waals surface area contributed by atoms with E-state index in [4.69, 9.17) is 16.3 Å². The normalized spacial score (nSPS) is 15.1. The van der Waals surface area contributed by atoms with E-state index in [-0.39, 0.29) is 5.78 Å². The lowest BCUT2D eigenvalue weighted by molar-refractivity contribution is 0.0934. The number of benzene rings is 1. The van der Waals surface area contributed by atoms with Gasteiger partial charge in [-0.2, -0.15) is 0 Å². The third kappa shape index (κ3) is 1.42. The van der Waals surface area contributed by atoms with E-state index in [0.717, 1.165) is 5.56 Å². The van der Waals surface area contributed by atoms with Crippen LogP contribution in [0.15, 0.2) is 12.1 Å². The third-order valence-electron chi connectivity index (χ3n) is 2.06. The molecule has 0 bridgehead atoms. The lowest BCUT2D eigenvalue weighted by Crippen LogP contribution is -2.15. The minimum Gasteiger partial charge on any atom is -0.492 e. The van der Waals surface area contributed by atoms with Crippen LogP contribution in [0.1, 0.15) is 22.3 Å². The molecule has 0 spiro atoms. The molecule has 3 heteroatoms. The van der Waals surface area contributed by atoms with E-state index >= 15 is 0 Å². The van der Waals surface area contributed by atoms with Crippen molar-refractivity contribution in [3.05, 3.63) is 28.3 Å². The molecule has 2 rings (SSSR count). The number of carbonyl (C=O) groups excluding carboxylic acids is 1. The van der Waals surface area contributed by atoms with Gasteiger partial charge >= 0.3 is 0 Å². The summed E-state index contributed by atoms with van der Waals surface area (Å²) in [6, 6.07) is 3.63. The van der Waals surface area contributed by atoms with Crippen LogP contribution in [0.2, 0.25) is 5.02 Å². The molecule has 0 aromatic heterocycles. The van der Waals surface area contributed by atoms with Crippen LogP contribution in [0.4, 0.5) is 0 Å². The smallest absolute Gasteiger partial charge is 0.171 e. The van der Waals surface area contributed by atoms with Gasteiger partial charge in [-0.15, -0.1) is 0 Å². The Morgan fingerprint density at radius 1 is 1.46 bits per heavy atom. The molecule has 68 valence electrons. The predicted molar refractivity (Wildman–Crippen MR) is 50.6 cm³/mol. The molecule has 0 aliphatic carbocycles. The molecule has 0 amide bonds. The zero-order valence-electron chi connectivity index (χ0n) is 7.26. The Morgan fingerprint density at radius 2 is 2.23 bits per heavy atom. The molecular formula is C10H9ClO2. The van der Waals surface area contributed by atoms with Crippen molar-refractivity contribution < 1.29 is 9.53 Å². The first kappa shape index (κ1) is 8.57. The van der Waals surface area contributed by atoms with E-state index in [1.807, 2.05) is 13.0 Å². The number of aryl methyl sites for hydroxylation is 1. The number of hydrogen-bond acceptors (Lipinski definition) is 2. The quantitative estimate of drug-likeness (QED) is 0.638. The molecule has 2 nitrogen and oxygen atoms in total. The maximum Gasteiger partial charge on any atom is 0.171 e. The van der Waals surface area contributed by atoms with Crippen molar-refractivity contribution in [1.29, 1.82) is 0 Å². The van der Waals surface area contributed by atoms with Crippen LogP contribution in [-0.4, -0.2) is 12.4 Å². The minimum atomic E-state index is 0.0752. The molecule has 0 saturated carbocycles. The largest absolute Gasteiger partial charge is 0.492 e. The van der Waals surface area contributed by atoms with Gasteiger partial charge in [0, 0.05) is 6.42 Å². The summed E-state index contributed by atoms with van der Waals surface area (Å²) in [5.74, 6) is 0.701. The second-order valence-electron chi connectivity index (χ2n) is 3.14. The van der Waals surface area contributed by atoms with E-state index in [0.29, 0.717) is 29.4 Å². The summed E-state index contributed by atoms with van der Waals surface area (Å²) < 4.78 is 5.35. The molecule has 1 aromatic carbocycles. The summed E-state index contributed by atoms with van der Waals surface area (Å²) in [4.78, 5) is 11.5. The van der Waals surface area contributed by atoms with Crippen LogP contribution in [0, 0.1) is 6.92 Å². The molecule has 1 aliphatic rings. The minimum absolute atomic E-state index is 0.0752. The van der Waals surface area contributed by atoms with Crippen molar-refractivity contribution >= 4 is 17.4 Å². The van der Waals surface area contributed by atoms with Crippen molar-refractivity contribution in [2.75, 3.05) is 6.61 Å². The number of fused-ring (bicyclic) bond motifs is 1. The molecule has 1 aromatic rings. The maximum absolute atomic E-state index is 11.5. The summed E-state index contributed by atoms with van der Waals surface area (Å²) in [6.45, 7) is 2.39. The summed E-state index contributed by atoms with van der Waals surface area (Å²) >= 11 is 5.94. The van der Waals surface area contributed by atoms with Crippen LogP contribution in [0.25, 0.3) is 0 Å². The fourth-order valence-corrected chi connectivity index (χ4v) is 1.84. The second kappa shape index (κ2) is 3.04. The van der Waals surface area contributed by atoms with Crippen molar-refractivity contribution in [1.82, 2.24) is 0 Å². The fraction of sp³-hybridized carbons (Fsp3) is 0.300. The Kier molecular flexibility index (Phi) is 2.00. The first-order chi connectivity index (χ1) is 6.18. The van der Waals surface area contributed by atoms with Gasteiger partial charge < -0.3 is 4.74 Å². The van der Waals surface area contributed by atoms with Crippen molar-refractivity contribution in [3.8, 4) is 5.75 Å². The monoisotopic (exact) mass is 196 g/mol. The summed E-state index contributed by atoms with van der Waals surface area (Å²) in [5, 5.41) is 0.500. The maximum atomic E-state index is 11.5. The fourth-order valence-electron chi connectivity index (χ4n) is 1.47. The molecule has 0 saturated heterocycles. The van der Waals surface area contributed by atoms with Gasteiger partial charge in [0.05, 0.1) is 17.2 Å². The Labute approximate surface area is 81.5 Å². The molecule has 0 radical (unpaired) electrons. The highest BCUT2D eigenvalue weighted by molar-refractivity contribution is 6.34. The summed E-state index contributed by atoms with van der Waals surface area (Å²) in [5.41, 5.74) is 1.55. The van der Waals surface area contributed by atoms with E-state index in [9.17, 15) is 4.79 Å². The van der Waals surface area contributed by atoms with E-state index in [1.54, 1.807) is 6.07 Å². The summed E-state index contributed by atoms with van der Waals surface area (Å²) in [7, 11) is 0. The predicted octanol–water partition coefficient (Wildman–Crippen LogP) is 2.61. The van der Waals surface area contributed by atoms with Crippen molar-refractivity contribution in [2.45, 2.75) is 13.3 Å². The average Bonchev–Trinajstić information content (AvgIpc) is 2.02. The Hall–Kier alpha value is -1.02. The zero-order chi connectivity index (χ0) is 9.42. The topological polar surface area (TPSA) is 26.3 Å². The number of ketones is 1. The SMILES string of the molecule is Cc1cc(Cl)c2c(c1)OCCC2=O. The van der Waals surface area contributed by atoms with Crippen LogP contribution in [-0.2, 0) is 0 Å².